The molecule has 94 valence electrons. The molecule has 0 radical (unpaired) electrons. The first-order valence-corrected chi connectivity index (χ1v) is 7.58. The molecule has 1 heterocycles. The number of thioether (sulfide) groups is 1. The molecule has 0 aliphatic carbocycles. The van der Waals surface area contributed by atoms with Crippen molar-refractivity contribution >= 4 is 29.1 Å². The summed E-state index contributed by atoms with van der Waals surface area (Å²) in [6, 6.07) is 6.57. The first kappa shape index (κ1) is 13.1. The van der Waals surface area contributed by atoms with E-state index >= 15 is 0 Å². The van der Waals surface area contributed by atoms with E-state index in [-0.39, 0.29) is 0 Å². The first-order valence-electron chi connectivity index (χ1n) is 6.06. The highest BCUT2D eigenvalue weighted by Gasteiger charge is 2.27. The van der Waals surface area contributed by atoms with E-state index in [0.717, 1.165) is 13.1 Å². The largest absolute Gasteiger partial charge is 0.369 e. The summed E-state index contributed by atoms with van der Waals surface area (Å²) in [6.07, 6.45) is 0. The number of benzene rings is 1. The fraction of sp³-hybridized carbons (Fsp3) is 0.571. The fourth-order valence-corrected chi connectivity index (χ4v) is 3.66. The lowest BCUT2D eigenvalue weighted by atomic mass is 10.1. The number of nitrogens with zero attached hydrogens (tertiary/aromatic N) is 1. The monoisotopic (exact) mass is 269 g/mol. The summed E-state index contributed by atoms with van der Waals surface area (Å²) in [5.74, 6) is 1.81. The minimum Gasteiger partial charge on any atom is -0.369 e. The molecule has 0 bridgehead atoms. The maximum absolute atomic E-state index is 5.87. The lowest BCUT2D eigenvalue weighted by Gasteiger charge is -2.39. The van der Waals surface area contributed by atoms with Crippen molar-refractivity contribution in [2.24, 2.45) is 0 Å². The van der Waals surface area contributed by atoms with Crippen LogP contribution in [0.3, 0.4) is 0 Å². The lowest BCUT2D eigenvalue weighted by molar-refractivity contribution is 0.646. The van der Waals surface area contributed by atoms with Gasteiger partial charge in [0.15, 0.2) is 0 Å². The Labute approximate surface area is 114 Å². The van der Waals surface area contributed by atoms with Crippen molar-refractivity contribution in [1.82, 2.24) is 0 Å². The third kappa shape index (κ3) is 3.11. The van der Waals surface area contributed by atoms with Crippen LogP contribution in [0.5, 0.6) is 0 Å². The number of hydrogen-bond acceptors (Lipinski definition) is 2. The molecule has 0 aromatic heterocycles. The summed E-state index contributed by atoms with van der Waals surface area (Å²) in [6.45, 7) is 9.10. The molecule has 0 atom stereocenters. The van der Waals surface area contributed by atoms with E-state index in [2.05, 4.69) is 55.6 Å². The first-order chi connectivity index (χ1) is 8.02. The molecule has 0 spiro atoms. The Hall–Kier alpha value is -0.340. The molecule has 1 aromatic rings. The zero-order valence-electron chi connectivity index (χ0n) is 10.8. The van der Waals surface area contributed by atoms with Gasteiger partial charge in [-0.05, 0) is 38.0 Å². The van der Waals surface area contributed by atoms with Gasteiger partial charge in [-0.2, -0.15) is 11.8 Å². The molecular weight excluding hydrogens is 250 g/mol. The van der Waals surface area contributed by atoms with Gasteiger partial charge in [0.2, 0.25) is 0 Å². The standard InChI is InChI=1S/C14H20ClNS/c1-11-8-12(9-15)4-5-13(11)16-6-7-17-14(2,3)10-16/h4-5,8H,6-7,9-10H2,1-3H3. The summed E-state index contributed by atoms with van der Waals surface area (Å²) in [7, 11) is 0. The van der Waals surface area contributed by atoms with Gasteiger partial charge in [0.25, 0.3) is 0 Å². The van der Waals surface area contributed by atoms with Crippen LogP contribution in [0, 0.1) is 6.92 Å². The van der Waals surface area contributed by atoms with E-state index in [4.69, 9.17) is 11.6 Å². The zero-order chi connectivity index (χ0) is 12.5. The molecule has 1 aromatic carbocycles. The predicted molar refractivity (Wildman–Crippen MR) is 79.5 cm³/mol. The molecule has 17 heavy (non-hydrogen) atoms. The van der Waals surface area contributed by atoms with Crippen LogP contribution in [0.1, 0.15) is 25.0 Å². The lowest BCUT2D eigenvalue weighted by Crippen LogP contribution is -2.43. The number of halogens is 1. The SMILES string of the molecule is Cc1cc(CCl)ccc1N1CCSC(C)(C)C1. The molecule has 3 heteroatoms. The molecule has 0 unspecified atom stereocenters. The van der Waals surface area contributed by atoms with Crippen molar-refractivity contribution in [3.8, 4) is 0 Å². The van der Waals surface area contributed by atoms with Crippen molar-refractivity contribution in [2.75, 3.05) is 23.7 Å². The van der Waals surface area contributed by atoms with Gasteiger partial charge < -0.3 is 4.90 Å². The smallest absolute Gasteiger partial charge is 0.0474 e. The van der Waals surface area contributed by atoms with E-state index in [1.54, 1.807) is 0 Å². The number of aryl methyl sites for hydroxylation is 1. The van der Waals surface area contributed by atoms with Crippen LogP contribution in [0.2, 0.25) is 0 Å². The van der Waals surface area contributed by atoms with Crippen molar-refractivity contribution in [2.45, 2.75) is 31.4 Å². The van der Waals surface area contributed by atoms with E-state index in [1.807, 2.05) is 0 Å². The van der Waals surface area contributed by atoms with Gasteiger partial charge in [0, 0.05) is 35.2 Å². The molecule has 1 fully saturated rings. The second kappa shape index (κ2) is 5.11. The van der Waals surface area contributed by atoms with Gasteiger partial charge in [0.05, 0.1) is 0 Å². The maximum atomic E-state index is 5.87. The Morgan fingerprint density at radius 3 is 2.76 bits per heavy atom. The predicted octanol–water partition coefficient (Wildman–Crippen LogP) is 4.07. The highest BCUT2D eigenvalue weighted by Crippen LogP contribution is 2.33. The fourth-order valence-electron chi connectivity index (χ4n) is 2.38. The highest BCUT2D eigenvalue weighted by atomic mass is 35.5. The Kier molecular flexibility index (Phi) is 3.94. The molecule has 0 N–H and O–H groups in total. The van der Waals surface area contributed by atoms with Crippen molar-refractivity contribution in [3.05, 3.63) is 29.3 Å². The summed E-state index contributed by atoms with van der Waals surface area (Å²) < 4.78 is 0.357. The van der Waals surface area contributed by atoms with Crippen molar-refractivity contribution in [3.63, 3.8) is 0 Å². The van der Waals surface area contributed by atoms with Gasteiger partial charge in [-0.25, -0.2) is 0 Å². The van der Waals surface area contributed by atoms with Crippen molar-refractivity contribution < 1.29 is 0 Å². The van der Waals surface area contributed by atoms with Gasteiger partial charge in [0.1, 0.15) is 0 Å². The summed E-state index contributed by atoms with van der Waals surface area (Å²) >= 11 is 7.93. The van der Waals surface area contributed by atoms with Crippen LogP contribution >= 0.6 is 23.4 Å². The summed E-state index contributed by atoms with van der Waals surface area (Å²) in [4.78, 5) is 2.50. The van der Waals surface area contributed by atoms with E-state index in [1.165, 1.54) is 22.6 Å². The van der Waals surface area contributed by atoms with Crippen LogP contribution in [0.15, 0.2) is 18.2 Å². The normalized spacial score (nSPS) is 19.4. The molecule has 1 aliphatic heterocycles. The van der Waals surface area contributed by atoms with Gasteiger partial charge in [-0.3, -0.25) is 0 Å². The molecule has 1 nitrogen and oxygen atoms in total. The van der Waals surface area contributed by atoms with Gasteiger partial charge >= 0.3 is 0 Å². The molecule has 1 saturated heterocycles. The summed E-state index contributed by atoms with van der Waals surface area (Å²) in [5, 5.41) is 0. The van der Waals surface area contributed by atoms with Crippen LogP contribution in [-0.2, 0) is 5.88 Å². The van der Waals surface area contributed by atoms with Gasteiger partial charge in [-0.15, -0.1) is 11.6 Å². The van der Waals surface area contributed by atoms with Crippen LogP contribution in [0.25, 0.3) is 0 Å². The minimum atomic E-state index is 0.357. The van der Waals surface area contributed by atoms with Crippen LogP contribution in [0.4, 0.5) is 5.69 Å². The average Bonchev–Trinajstić information content (AvgIpc) is 2.27. The Balaban J connectivity index is 2.22. The third-order valence-electron chi connectivity index (χ3n) is 3.18. The molecule has 1 aliphatic rings. The Morgan fingerprint density at radius 1 is 1.41 bits per heavy atom. The highest BCUT2D eigenvalue weighted by molar-refractivity contribution is 8.00. The Morgan fingerprint density at radius 2 is 2.18 bits per heavy atom. The van der Waals surface area contributed by atoms with Crippen LogP contribution < -0.4 is 4.90 Å². The summed E-state index contributed by atoms with van der Waals surface area (Å²) in [5.41, 5.74) is 3.91. The van der Waals surface area contributed by atoms with E-state index < -0.39 is 0 Å². The average molecular weight is 270 g/mol. The van der Waals surface area contributed by atoms with Crippen molar-refractivity contribution in [1.29, 1.82) is 0 Å². The number of rotatable bonds is 2. The third-order valence-corrected chi connectivity index (χ3v) is 4.79. The number of hydrogen-bond donors (Lipinski definition) is 0. The molecule has 2 rings (SSSR count). The number of anilines is 1. The topological polar surface area (TPSA) is 3.24 Å². The molecule has 0 amide bonds. The molecule has 0 saturated carbocycles. The minimum absolute atomic E-state index is 0.357. The second-order valence-corrected chi connectivity index (χ2v) is 7.35. The van der Waals surface area contributed by atoms with E-state index in [9.17, 15) is 0 Å². The Bertz CT molecular complexity index is 403. The van der Waals surface area contributed by atoms with Crippen LogP contribution in [-0.4, -0.2) is 23.6 Å². The maximum Gasteiger partial charge on any atom is 0.0474 e. The second-order valence-electron chi connectivity index (χ2n) is 5.28. The quantitative estimate of drug-likeness (QED) is 0.745. The number of alkyl halides is 1. The zero-order valence-corrected chi connectivity index (χ0v) is 12.4. The van der Waals surface area contributed by atoms with Gasteiger partial charge in [-0.1, -0.05) is 12.1 Å². The van der Waals surface area contributed by atoms with E-state index in [0.29, 0.717) is 10.6 Å². The molecular formula is C14H20ClNS.